The summed E-state index contributed by atoms with van der Waals surface area (Å²) in [7, 11) is 0. The van der Waals surface area contributed by atoms with Gasteiger partial charge in [0.15, 0.2) is 0 Å². The van der Waals surface area contributed by atoms with Crippen LogP contribution in [0.5, 0.6) is 0 Å². The molecule has 2 bridgehead atoms. The van der Waals surface area contributed by atoms with Crippen LogP contribution in [-0.2, 0) is 14.3 Å². The van der Waals surface area contributed by atoms with Crippen LogP contribution >= 0.6 is 0 Å². The van der Waals surface area contributed by atoms with E-state index in [4.69, 9.17) is 4.74 Å². The van der Waals surface area contributed by atoms with Crippen LogP contribution in [0.1, 0.15) is 16.7 Å². The van der Waals surface area contributed by atoms with E-state index in [0.29, 0.717) is 0 Å². The highest BCUT2D eigenvalue weighted by molar-refractivity contribution is 5.97. The monoisotopic (exact) mass is 301 g/mol. The minimum Gasteiger partial charge on any atom is -0.481 e. The Morgan fingerprint density at radius 1 is 1.05 bits per heavy atom. The molecule has 2 aliphatic rings. The van der Waals surface area contributed by atoms with Gasteiger partial charge in [-0.2, -0.15) is 0 Å². The Morgan fingerprint density at radius 3 is 2.14 bits per heavy atom. The van der Waals surface area contributed by atoms with Gasteiger partial charge in [-0.1, -0.05) is 29.8 Å². The van der Waals surface area contributed by atoms with E-state index >= 15 is 0 Å². The second-order valence-electron chi connectivity index (χ2n) is 6.10. The summed E-state index contributed by atoms with van der Waals surface area (Å²) < 4.78 is 5.54. The van der Waals surface area contributed by atoms with Gasteiger partial charge in [-0.25, -0.2) is 0 Å². The summed E-state index contributed by atoms with van der Waals surface area (Å²) in [5, 5.41) is 12.3. The lowest BCUT2D eigenvalue weighted by Crippen LogP contribution is -2.39. The van der Waals surface area contributed by atoms with Crippen molar-refractivity contribution in [1.29, 1.82) is 0 Å². The smallest absolute Gasteiger partial charge is 0.310 e. The van der Waals surface area contributed by atoms with Gasteiger partial charge in [-0.3, -0.25) is 9.59 Å². The number of benzene rings is 1. The molecular weight excluding hydrogens is 282 g/mol. The minimum atomic E-state index is -0.991. The van der Waals surface area contributed by atoms with Crippen LogP contribution < -0.4 is 5.32 Å². The van der Waals surface area contributed by atoms with Gasteiger partial charge < -0.3 is 15.2 Å². The van der Waals surface area contributed by atoms with Gasteiger partial charge in [-0.15, -0.1) is 0 Å². The molecule has 0 radical (unpaired) electrons. The first-order valence-electron chi connectivity index (χ1n) is 7.34. The van der Waals surface area contributed by atoms with E-state index in [-0.39, 0.29) is 5.91 Å². The van der Waals surface area contributed by atoms with Crippen molar-refractivity contribution in [2.75, 3.05) is 5.32 Å². The van der Waals surface area contributed by atoms with E-state index in [1.165, 1.54) is 0 Å². The van der Waals surface area contributed by atoms with Crippen molar-refractivity contribution in [3.8, 4) is 0 Å². The quantitative estimate of drug-likeness (QED) is 0.839. The van der Waals surface area contributed by atoms with Crippen molar-refractivity contribution in [1.82, 2.24) is 0 Å². The maximum Gasteiger partial charge on any atom is 0.310 e. The molecule has 0 unspecified atom stereocenters. The Balaban J connectivity index is 1.86. The average Bonchev–Trinajstić information content (AvgIpc) is 3.02. The molecule has 1 aromatic rings. The van der Waals surface area contributed by atoms with E-state index in [0.717, 1.165) is 22.4 Å². The van der Waals surface area contributed by atoms with Crippen LogP contribution in [0.3, 0.4) is 0 Å². The summed E-state index contributed by atoms with van der Waals surface area (Å²) in [6.07, 6.45) is 2.56. The Hall–Kier alpha value is -2.14. The first kappa shape index (κ1) is 14.8. The molecule has 5 nitrogen and oxygen atoms in total. The molecule has 4 atom stereocenters. The van der Waals surface area contributed by atoms with E-state index in [2.05, 4.69) is 5.32 Å². The molecule has 1 saturated heterocycles. The molecule has 2 aliphatic heterocycles. The number of nitrogens with one attached hydrogen (secondary N) is 1. The number of hydrogen-bond donors (Lipinski definition) is 2. The zero-order valence-electron chi connectivity index (χ0n) is 12.8. The number of carboxylic acids is 1. The first-order valence-corrected chi connectivity index (χ1v) is 7.34. The topological polar surface area (TPSA) is 75.6 Å². The number of carbonyl (C=O) groups is 2. The molecular formula is C17H19NO4. The fraction of sp³-hybridized carbons (Fsp3) is 0.412. The van der Waals surface area contributed by atoms with Gasteiger partial charge in [0.1, 0.15) is 5.92 Å². The van der Waals surface area contributed by atoms with Crippen molar-refractivity contribution >= 4 is 17.6 Å². The zero-order valence-corrected chi connectivity index (χ0v) is 12.8. The van der Waals surface area contributed by atoms with Gasteiger partial charge in [0.05, 0.1) is 18.1 Å². The Kier molecular flexibility index (Phi) is 3.53. The number of hydrogen-bond acceptors (Lipinski definition) is 3. The summed E-state index contributed by atoms with van der Waals surface area (Å²) in [5.41, 5.74) is 3.82. The molecule has 1 amide bonds. The molecule has 0 aromatic heterocycles. The molecule has 0 aliphatic carbocycles. The lowest BCUT2D eigenvalue weighted by molar-refractivity contribution is -0.145. The van der Waals surface area contributed by atoms with E-state index in [1.807, 2.05) is 32.9 Å². The van der Waals surface area contributed by atoms with Crippen LogP contribution in [0.4, 0.5) is 5.69 Å². The third kappa shape index (κ3) is 2.31. The van der Waals surface area contributed by atoms with Gasteiger partial charge in [0.25, 0.3) is 0 Å². The maximum absolute atomic E-state index is 12.6. The summed E-state index contributed by atoms with van der Waals surface area (Å²) in [6, 6.07) is 3.99. The molecule has 0 spiro atoms. The molecule has 2 N–H and O–H groups in total. The molecule has 5 heteroatoms. The number of rotatable bonds is 3. The number of aliphatic carboxylic acids is 1. The number of ether oxygens (including phenoxy) is 1. The third-order valence-corrected chi connectivity index (χ3v) is 4.41. The van der Waals surface area contributed by atoms with Gasteiger partial charge in [-0.05, 0) is 31.9 Å². The maximum atomic E-state index is 12.6. The number of carbonyl (C=O) groups excluding carboxylic acids is 1. The Labute approximate surface area is 129 Å². The Morgan fingerprint density at radius 2 is 1.59 bits per heavy atom. The van der Waals surface area contributed by atoms with Crippen molar-refractivity contribution in [3.63, 3.8) is 0 Å². The summed E-state index contributed by atoms with van der Waals surface area (Å²) >= 11 is 0. The number of carboxylic acid groups (broad SMARTS) is 1. The van der Waals surface area contributed by atoms with Crippen LogP contribution in [-0.4, -0.2) is 29.2 Å². The zero-order chi connectivity index (χ0) is 16.0. The van der Waals surface area contributed by atoms with E-state index < -0.39 is 30.0 Å². The van der Waals surface area contributed by atoms with Crippen LogP contribution in [0.15, 0.2) is 24.3 Å². The largest absolute Gasteiger partial charge is 0.481 e. The van der Waals surface area contributed by atoms with Crippen molar-refractivity contribution < 1.29 is 19.4 Å². The number of aryl methyl sites for hydroxylation is 3. The molecule has 116 valence electrons. The number of fused-ring (bicyclic) bond motifs is 2. The lowest BCUT2D eigenvalue weighted by atomic mass is 9.82. The van der Waals surface area contributed by atoms with Gasteiger partial charge >= 0.3 is 5.97 Å². The molecule has 1 aromatic carbocycles. The van der Waals surface area contributed by atoms with Crippen LogP contribution in [0.25, 0.3) is 0 Å². The summed E-state index contributed by atoms with van der Waals surface area (Å²) in [4.78, 5) is 24.1. The Bertz CT molecular complexity index is 656. The van der Waals surface area contributed by atoms with Crippen molar-refractivity contribution in [3.05, 3.63) is 41.0 Å². The number of anilines is 1. The predicted octanol–water partition coefficient (Wildman–Crippen LogP) is 2.20. The van der Waals surface area contributed by atoms with Gasteiger partial charge in [0.2, 0.25) is 5.91 Å². The molecule has 1 fully saturated rings. The van der Waals surface area contributed by atoms with E-state index in [1.54, 1.807) is 12.2 Å². The fourth-order valence-electron chi connectivity index (χ4n) is 3.50. The van der Waals surface area contributed by atoms with Crippen LogP contribution in [0.2, 0.25) is 0 Å². The van der Waals surface area contributed by atoms with Gasteiger partial charge in [0, 0.05) is 5.69 Å². The average molecular weight is 301 g/mol. The third-order valence-electron chi connectivity index (χ3n) is 4.41. The van der Waals surface area contributed by atoms with Crippen LogP contribution in [0, 0.1) is 32.6 Å². The first-order chi connectivity index (χ1) is 10.4. The SMILES string of the molecule is Cc1cc(C)c(NC(=O)[C@H]2[C@@H](C(=O)O)[C@@H]3C=C[C@@H]2O3)c(C)c1. The van der Waals surface area contributed by atoms with Crippen molar-refractivity contribution in [2.24, 2.45) is 11.8 Å². The molecule has 22 heavy (non-hydrogen) atoms. The highest BCUT2D eigenvalue weighted by Crippen LogP contribution is 2.40. The van der Waals surface area contributed by atoms with Crippen molar-refractivity contribution in [2.45, 2.75) is 33.0 Å². The minimum absolute atomic E-state index is 0.292. The predicted molar refractivity (Wildman–Crippen MR) is 81.7 cm³/mol. The number of amides is 1. The summed E-state index contributed by atoms with van der Waals surface area (Å²) in [6.45, 7) is 5.86. The fourth-order valence-corrected chi connectivity index (χ4v) is 3.50. The van der Waals surface area contributed by atoms with E-state index in [9.17, 15) is 14.7 Å². The lowest BCUT2D eigenvalue weighted by Gasteiger charge is -2.22. The normalized spacial score (nSPS) is 28.9. The highest BCUT2D eigenvalue weighted by atomic mass is 16.5. The standard InChI is InChI=1S/C17H19NO4/c1-8-6-9(2)15(10(3)7-8)18-16(19)13-11-4-5-12(22-11)14(13)17(20)21/h4-7,11-14H,1-3H3,(H,18,19)(H,20,21)/t11-,12-,13+,14-/m0/s1. The second kappa shape index (κ2) is 5.25. The molecule has 0 saturated carbocycles. The molecule has 3 rings (SSSR count). The second-order valence-corrected chi connectivity index (χ2v) is 6.10. The summed E-state index contributed by atoms with van der Waals surface area (Å²) in [5.74, 6) is -2.79. The molecule has 2 heterocycles. The highest BCUT2D eigenvalue weighted by Gasteiger charge is 2.53.